The summed E-state index contributed by atoms with van der Waals surface area (Å²) in [7, 11) is 1.61. The SMILES string of the molecule is COc1ccc(-c2noc(CCC(=O)Nc3cccc(-c4n[nH]c(C5CC5)n4)c3)n2)cc1. The Morgan fingerprint density at radius 2 is 1.97 bits per heavy atom. The Morgan fingerprint density at radius 3 is 2.75 bits per heavy atom. The summed E-state index contributed by atoms with van der Waals surface area (Å²) in [5.74, 6) is 3.59. The van der Waals surface area contributed by atoms with Crippen molar-refractivity contribution in [3.63, 3.8) is 0 Å². The molecule has 5 rings (SSSR count). The van der Waals surface area contributed by atoms with Crippen LogP contribution in [-0.4, -0.2) is 38.3 Å². The average molecular weight is 430 g/mol. The second-order valence-electron chi connectivity index (χ2n) is 7.69. The zero-order valence-electron chi connectivity index (χ0n) is 17.5. The van der Waals surface area contributed by atoms with E-state index >= 15 is 0 Å². The van der Waals surface area contributed by atoms with Crippen LogP contribution in [0.5, 0.6) is 5.75 Å². The number of ether oxygens (including phenoxy) is 1. The summed E-state index contributed by atoms with van der Waals surface area (Å²) in [6.07, 6.45) is 2.89. The highest BCUT2D eigenvalue weighted by molar-refractivity contribution is 5.91. The number of aromatic nitrogens is 5. The largest absolute Gasteiger partial charge is 0.497 e. The Kier molecular flexibility index (Phi) is 5.37. The van der Waals surface area contributed by atoms with Crippen molar-refractivity contribution in [2.45, 2.75) is 31.6 Å². The number of nitrogens with zero attached hydrogens (tertiary/aromatic N) is 4. The summed E-state index contributed by atoms with van der Waals surface area (Å²) in [5, 5.41) is 14.2. The van der Waals surface area contributed by atoms with Crippen molar-refractivity contribution in [1.29, 1.82) is 0 Å². The zero-order valence-corrected chi connectivity index (χ0v) is 17.5. The number of carbonyl (C=O) groups excluding carboxylic acids is 1. The van der Waals surface area contributed by atoms with Gasteiger partial charge in [0.05, 0.1) is 7.11 Å². The average Bonchev–Trinajstić information content (AvgIpc) is 3.36. The Balaban J connectivity index is 1.18. The van der Waals surface area contributed by atoms with Gasteiger partial charge in [-0.3, -0.25) is 9.89 Å². The molecular formula is C23H22N6O3. The maximum absolute atomic E-state index is 12.4. The quantitative estimate of drug-likeness (QED) is 0.434. The van der Waals surface area contributed by atoms with Crippen molar-refractivity contribution in [3.8, 4) is 28.5 Å². The van der Waals surface area contributed by atoms with E-state index in [0.29, 0.717) is 35.6 Å². The van der Waals surface area contributed by atoms with E-state index in [0.717, 1.165) is 35.5 Å². The van der Waals surface area contributed by atoms with Crippen LogP contribution >= 0.6 is 0 Å². The number of H-pyrrole nitrogens is 1. The standard InChI is InChI=1S/C23H22N6O3/c1-31-18-9-7-15(8-10-18)23-25-20(32-29-23)12-11-19(30)24-17-4-2-3-16(13-17)22-26-21(27-28-22)14-5-6-14/h2-4,7-10,13-14H,5-6,11-12H2,1H3,(H,24,30)(H,26,27,28). The molecule has 162 valence electrons. The molecule has 0 atom stereocenters. The molecule has 2 aromatic carbocycles. The molecule has 1 saturated carbocycles. The number of benzene rings is 2. The Hall–Kier alpha value is -4.01. The van der Waals surface area contributed by atoms with Gasteiger partial charge in [0.1, 0.15) is 11.6 Å². The molecule has 4 aromatic rings. The van der Waals surface area contributed by atoms with Crippen LogP contribution in [0.15, 0.2) is 53.1 Å². The predicted octanol–water partition coefficient (Wildman–Crippen LogP) is 3.98. The second kappa shape index (κ2) is 8.62. The Morgan fingerprint density at radius 1 is 1.12 bits per heavy atom. The van der Waals surface area contributed by atoms with Crippen LogP contribution in [-0.2, 0) is 11.2 Å². The summed E-state index contributed by atoms with van der Waals surface area (Å²) in [5.41, 5.74) is 2.36. The summed E-state index contributed by atoms with van der Waals surface area (Å²) in [6, 6.07) is 14.9. The van der Waals surface area contributed by atoms with E-state index in [9.17, 15) is 4.79 Å². The van der Waals surface area contributed by atoms with Gasteiger partial charge >= 0.3 is 0 Å². The van der Waals surface area contributed by atoms with Gasteiger partial charge in [-0.05, 0) is 49.2 Å². The molecule has 0 bridgehead atoms. The van der Waals surface area contributed by atoms with E-state index in [2.05, 4.69) is 30.6 Å². The van der Waals surface area contributed by atoms with Gasteiger partial charge in [-0.15, -0.1) is 0 Å². The number of amides is 1. The first kappa shape index (κ1) is 19.9. The lowest BCUT2D eigenvalue weighted by Gasteiger charge is -2.05. The maximum atomic E-state index is 12.4. The highest BCUT2D eigenvalue weighted by Gasteiger charge is 2.27. The molecule has 0 radical (unpaired) electrons. The lowest BCUT2D eigenvalue weighted by molar-refractivity contribution is -0.116. The summed E-state index contributed by atoms with van der Waals surface area (Å²) < 4.78 is 10.4. The number of anilines is 1. The first-order chi connectivity index (χ1) is 15.7. The third kappa shape index (κ3) is 4.51. The minimum absolute atomic E-state index is 0.139. The first-order valence-corrected chi connectivity index (χ1v) is 10.5. The monoisotopic (exact) mass is 430 g/mol. The van der Waals surface area contributed by atoms with Crippen molar-refractivity contribution >= 4 is 11.6 Å². The second-order valence-corrected chi connectivity index (χ2v) is 7.69. The van der Waals surface area contributed by atoms with Crippen molar-refractivity contribution in [2.24, 2.45) is 0 Å². The highest BCUT2D eigenvalue weighted by atomic mass is 16.5. The molecule has 1 fully saturated rings. The number of rotatable bonds is 8. The fourth-order valence-corrected chi connectivity index (χ4v) is 3.34. The smallest absolute Gasteiger partial charge is 0.227 e. The number of methoxy groups -OCH3 is 1. The van der Waals surface area contributed by atoms with Crippen LogP contribution < -0.4 is 10.1 Å². The number of aryl methyl sites for hydroxylation is 1. The van der Waals surface area contributed by atoms with Crippen molar-refractivity contribution in [1.82, 2.24) is 25.3 Å². The first-order valence-electron chi connectivity index (χ1n) is 10.5. The van der Waals surface area contributed by atoms with Crippen molar-refractivity contribution < 1.29 is 14.1 Å². The van der Waals surface area contributed by atoms with E-state index in [-0.39, 0.29) is 12.3 Å². The number of hydrogen-bond donors (Lipinski definition) is 2. The van der Waals surface area contributed by atoms with Gasteiger partial charge in [0.2, 0.25) is 17.6 Å². The van der Waals surface area contributed by atoms with E-state index < -0.39 is 0 Å². The molecule has 2 aromatic heterocycles. The third-order valence-corrected chi connectivity index (χ3v) is 5.25. The zero-order chi connectivity index (χ0) is 21.9. The van der Waals surface area contributed by atoms with Crippen LogP contribution in [0, 0.1) is 0 Å². The fraction of sp³-hybridized carbons (Fsp3) is 0.261. The number of nitrogens with one attached hydrogen (secondary N) is 2. The van der Waals surface area contributed by atoms with Gasteiger partial charge in [-0.2, -0.15) is 10.1 Å². The molecule has 1 amide bonds. The fourth-order valence-electron chi connectivity index (χ4n) is 3.34. The molecule has 1 aliphatic rings. The molecule has 9 nitrogen and oxygen atoms in total. The Bertz CT molecular complexity index is 1230. The van der Waals surface area contributed by atoms with Gasteiger partial charge in [0.15, 0.2) is 5.82 Å². The molecule has 0 saturated heterocycles. The molecule has 1 aliphatic carbocycles. The van der Waals surface area contributed by atoms with Crippen molar-refractivity contribution in [2.75, 3.05) is 12.4 Å². The van der Waals surface area contributed by atoms with E-state index in [1.807, 2.05) is 48.5 Å². The van der Waals surface area contributed by atoms with Gasteiger partial charge in [-0.25, -0.2) is 4.98 Å². The van der Waals surface area contributed by atoms with Crippen LogP contribution in [0.1, 0.15) is 36.9 Å². The molecule has 0 unspecified atom stereocenters. The van der Waals surface area contributed by atoms with Crippen LogP contribution in [0.25, 0.3) is 22.8 Å². The Labute approximate surface area is 184 Å². The van der Waals surface area contributed by atoms with Crippen molar-refractivity contribution in [3.05, 3.63) is 60.2 Å². The van der Waals surface area contributed by atoms with Crippen LogP contribution in [0.3, 0.4) is 0 Å². The van der Waals surface area contributed by atoms with Crippen LogP contribution in [0.4, 0.5) is 5.69 Å². The lowest BCUT2D eigenvalue weighted by Crippen LogP contribution is -2.12. The number of hydrogen-bond acceptors (Lipinski definition) is 7. The molecule has 2 heterocycles. The minimum Gasteiger partial charge on any atom is -0.497 e. The van der Waals surface area contributed by atoms with E-state index in [4.69, 9.17) is 9.26 Å². The van der Waals surface area contributed by atoms with Gasteiger partial charge < -0.3 is 14.6 Å². The molecule has 0 spiro atoms. The summed E-state index contributed by atoms with van der Waals surface area (Å²) in [4.78, 5) is 21.4. The topological polar surface area (TPSA) is 119 Å². The van der Waals surface area contributed by atoms with E-state index in [1.54, 1.807) is 7.11 Å². The molecule has 9 heteroatoms. The minimum atomic E-state index is -0.139. The van der Waals surface area contributed by atoms with Gasteiger partial charge in [0.25, 0.3) is 0 Å². The third-order valence-electron chi connectivity index (χ3n) is 5.25. The lowest BCUT2D eigenvalue weighted by atomic mass is 10.2. The predicted molar refractivity (Wildman–Crippen MR) is 117 cm³/mol. The normalized spacial score (nSPS) is 13.2. The molecule has 0 aliphatic heterocycles. The number of carbonyl (C=O) groups is 1. The number of aromatic amines is 1. The maximum Gasteiger partial charge on any atom is 0.227 e. The van der Waals surface area contributed by atoms with Crippen LogP contribution in [0.2, 0.25) is 0 Å². The molecule has 32 heavy (non-hydrogen) atoms. The molecule has 2 N–H and O–H groups in total. The summed E-state index contributed by atoms with van der Waals surface area (Å²) in [6.45, 7) is 0. The molecular weight excluding hydrogens is 408 g/mol. The highest BCUT2D eigenvalue weighted by Crippen LogP contribution is 2.38. The van der Waals surface area contributed by atoms with Gasteiger partial charge in [0, 0.05) is 35.6 Å². The van der Waals surface area contributed by atoms with Gasteiger partial charge in [-0.1, -0.05) is 17.3 Å². The summed E-state index contributed by atoms with van der Waals surface area (Å²) >= 11 is 0. The van der Waals surface area contributed by atoms with E-state index in [1.165, 1.54) is 0 Å².